The Morgan fingerprint density at radius 3 is 2.53 bits per heavy atom. The molecule has 7 heteroatoms. The van der Waals surface area contributed by atoms with Gasteiger partial charge in [-0.15, -0.1) is 0 Å². The van der Waals surface area contributed by atoms with E-state index in [1.54, 1.807) is 0 Å². The Kier molecular flexibility index (Phi) is 6.54. The standard InChI is InChI=1S/C23H29BrClN3O2/c1-23(2,3)30-22(29)28-10-8-27(9-11-28)21-19-7-6-18(25)13-15(19)4-5-16-12-17(24)14-26-20(16)21/h6-7,12-14,21-22,29H,4-5,8-11H2,1-3H3. The molecule has 2 aliphatic rings. The van der Waals surface area contributed by atoms with Crippen molar-refractivity contribution in [2.45, 2.75) is 51.7 Å². The third kappa shape index (κ3) is 4.90. The second-order valence-corrected chi connectivity index (χ2v) is 10.4. The largest absolute Gasteiger partial charge is 0.356 e. The number of hydrogen-bond acceptors (Lipinski definition) is 5. The molecule has 1 aliphatic heterocycles. The second kappa shape index (κ2) is 8.85. The molecule has 2 heterocycles. The number of hydrogen-bond donors (Lipinski definition) is 1. The normalized spacial score (nSPS) is 21.6. The van der Waals surface area contributed by atoms with Crippen molar-refractivity contribution in [1.29, 1.82) is 0 Å². The quantitative estimate of drug-likeness (QED) is 0.641. The van der Waals surface area contributed by atoms with E-state index in [0.29, 0.717) is 0 Å². The maximum Gasteiger partial charge on any atom is 0.216 e. The van der Waals surface area contributed by atoms with Gasteiger partial charge in [0.1, 0.15) is 0 Å². The van der Waals surface area contributed by atoms with Gasteiger partial charge in [0.25, 0.3) is 0 Å². The lowest BCUT2D eigenvalue weighted by molar-refractivity contribution is -0.244. The number of nitrogens with zero attached hydrogens (tertiary/aromatic N) is 3. The summed E-state index contributed by atoms with van der Waals surface area (Å²) in [5, 5.41) is 11.3. The zero-order chi connectivity index (χ0) is 21.5. The van der Waals surface area contributed by atoms with Crippen LogP contribution in [0.1, 0.15) is 49.2 Å². The summed E-state index contributed by atoms with van der Waals surface area (Å²) >= 11 is 9.90. The van der Waals surface area contributed by atoms with Crippen LogP contribution in [0.3, 0.4) is 0 Å². The molecule has 1 aromatic carbocycles. The van der Waals surface area contributed by atoms with Crippen LogP contribution in [0.15, 0.2) is 34.9 Å². The Morgan fingerprint density at radius 1 is 1.13 bits per heavy atom. The smallest absolute Gasteiger partial charge is 0.216 e. The van der Waals surface area contributed by atoms with Gasteiger partial charge in [-0.1, -0.05) is 17.7 Å². The van der Waals surface area contributed by atoms with Crippen molar-refractivity contribution in [1.82, 2.24) is 14.8 Å². The molecule has 1 aliphatic carbocycles. The predicted octanol–water partition coefficient (Wildman–Crippen LogP) is 4.39. The van der Waals surface area contributed by atoms with Gasteiger partial charge in [0, 0.05) is 41.9 Å². The minimum atomic E-state index is -0.881. The zero-order valence-electron chi connectivity index (χ0n) is 17.7. The maximum absolute atomic E-state index is 10.5. The molecule has 4 rings (SSSR count). The Bertz CT molecular complexity index is 856. The van der Waals surface area contributed by atoms with Gasteiger partial charge < -0.3 is 9.84 Å². The highest BCUT2D eigenvalue weighted by Crippen LogP contribution is 2.38. The minimum absolute atomic E-state index is 0.0886. The second-order valence-electron chi connectivity index (χ2n) is 9.07. The molecule has 1 N–H and O–H groups in total. The lowest BCUT2D eigenvalue weighted by atomic mass is 9.96. The highest BCUT2D eigenvalue weighted by Gasteiger charge is 2.34. The van der Waals surface area contributed by atoms with Crippen molar-refractivity contribution < 1.29 is 9.84 Å². The summed E-state index contributed by atoms with van der Waals surface area (Å²) in [5.74, 6) is 0. The number of pyridine rings is 1. The average molecular weight is 495 g/mol. The third-order valence-electron chi connectivity index (χ3n) is 5.78. The number of halogens is 2. The van der Waals surface area contributed by atoms with Gasteiger partial charge in [-0.25, -0.2) is 0 Å². The fraction of sp³-hybridized carbons (Fsp3) is 0.522. The Hall–Kier alpha value is -1.02. The van der Waals surface area contributed by atoms with Crippen molar-refractivity contribution >= 4 is 27.5 Å². The summed E-state index contributed by atoms with van der Waals surface area (Å²) in [6.07, 6.45) is 2.91. The van der Waals surface area contributed by atoms with Gasteiger partial charge in [-0.2, -0.15) is 0 Å². The first-order chi connectivity index (χ1) is 14.2. The van der Waals surface area contributed by atoms with Crippen molar-refractivity contribution in [3.8, 4) is 0 Å². The molecule has 1 aromatic heterocycles. The summed E-state index contributed by atoms with van der Waals surface area (Å²) < 4.78 is 6.76. The van der Waals surface area contributed by atoms with Gasteiger partial charge in [0.05, 0.1) is 17.3 Å². The number of ether oxygens (including phenoxy) is 1. The van der Waals surface area contributed by atoms with Crippen LogP contribution in [0.5, 0.6) is 0 Å². The number of aliphatic hydroxyl groups excluding tert-OH is 1. The summed E-state index contributed by atoms with van der Waals surface area (Å²) in [6, 6.07) is 8.52. The van der Waals surface area contributed by atoms with E-state index in [1.807, 2.05) is 37.9 Å². The molecule has 1 fully saturated rings. The van der Waals surface area contributed by atoms with E-state index in [9.17, 15) is 5.11 Å². The SMILES string of the molecule is CC(C)(C)OC(O)N1CCN(C2c3ccc(Cl)cc3CCc3cc(Br)cnc32)CC1. The van der Waals surface area contributed by atoms with E-state index in [0.717, 1.165) is 54.2 Å². The number of fused-ring (bicyclic) bond motifs is 2. The van der Waals surface area contributed by atoms with Crippen molar-refractivity contribution in [2.75, 3.05) is 26.2 Å². The summed E-state index contributed by atoms with van der Waals surface area (Å²) in [5.41, 5.74) is 4.60. The molecule has 2 atom stereocenters. The number of piperazine rings is 1. The molecule has 0 amide bonds. The van der Waals surface area contributed by atoms with Crippen LogP contribution in [-0.2, 0) is 17.6 Å². The summed E-state index contributed by atoms with van der Waals surface area (Å²) in [4.78, 5) is 9.32. The number of rotatable bonds is 3. The highest BCUT2D eigenvalue weighted by atomic mass is 79.9. The van der Waals surface area contributed by atoms with Crippen LogP contribution >= 0.6 is 27.5 Å². The molecule has 0 spiro atoms. The predicted molar refractivity (Wildman–Crippen MR) is 123 cm³/mol. The fourth-order valence-electron chi connectivity index (χ4n) is 4.39. The lowest BCUT2D eigenvalue weighted by Gasteiger charge is -2.42. The van der Waals surface area contributed by atoms with Gasteiger partial charge in [0.15, 0.2) is 0 Å². The average Bonchev–Trinajstić information content (AvgIpc) is 2.83. The molecule has 0 radical (unpaired) electrons. The number of aromatic nitrogens is 1. The first kappa shape index (κ1) is 22.2. The third-order valence-corrected chi connectivity index (χ3v) is 6.44. The van der Waals surface area contributed by atoms with E-state index >= 15 is 0 Å². The molecule has 30 heavy (non-hydrogen) atoms. The number of aryl methyl sites for hydroxylation is 2. The van der Waals surface area contributed by atoms with E-state index in [4.69, 9.17) is 21.3 Å². The molecule has 2 aromatic rings. The minimum Gasteiger partial charge on any atom is -0.356 e. The molecule has 2 unspecified atom stereocenters. The molecule has 0 bridgehead atoms. The Balaban J connectivity index is 1.61. The van der Waals surface area contributed by atoms with E-state index < -0.39 is 6.41 Å². The monoisotopic (exact) mass is 493 g/mol. The van der Waals surface area contributed by atoms with Crippen molar-refractivity contribution in [2.24, 2.45) is 0 Å². The number of aliphatic hydroxyl groups is 1. The van der Waals surface area contributed by atoms with Crippen LogP contribution in [0, 0.1) is 0 Å². The van der Waals surface area contributed by atoms with Gasteiger partial charge in [-0.3, -0.25) is 14.8 Å². The molecular weight excluding hydrogens is 466 g/mol. The van der Waals surface area contributed by atoms with Crippen LogP contribution < -0.4 is 0 Å². The molecule has 162 valence electrons. The van der Waals surface area contributed by atoms with E-state index in [-0.39, 0.29) is 11.6 Å². The van der Waals surface area contributed by atoms with E-state index in [2.05, 4.69) is 39.0 Å². The van der Waals surface area contributed by atoms with Crippen LogP contribution in [-0.4, -0.2) is 58.1 Å². The summed E-state index contributed by atoms with van der Waals surface area (Å²) in [6.45, 7) is 9.01. The van der Waals surface area contributed by atoms with Crippen LogP contribution in [0.4, 0.5) is 0 Å². The van der Waals surface area contributed by atoms with Crippen LogP contribution in [0.25, 0.3) is 0 Å². The van der Waals surface area contributed by atoms with Crippen molar-refractivity contribution in [3.05, 3.63) is 62.3 Å². The Labute approximate surface area is 192 Å². The molecule has 1 saturated heterocycles. The Morgan fingerprint density at radius 2 is 1.83 bits per heavy atom. The first-order valence-corrected chi connectivity index (χ1v) is 11.6. The maximum atomic E-state index is 10.5. The topological polar surface area (TPSA) is 48.8 Å². The summed E-state index contributed by atoms with van der Waals surface area (Å²) in [7, 11) is 0. The molecular formula is C23H29BrClN3O2. The highest BCUT2D eigenvalue weighted by molar-refractivity contribution is 9.10. The van der Waals surface area contributed by atoms with Gasteiger partial charge >= 0.3 is 0 Å². The first-order valence-electron chi connectivity index (χ1n) is 10.5. The lowest BCUT2D eigenvalue weighted by Crippen LogP contribution is -2.53. The van der Waals surface area contributed by atoms with Gasteiger partial charge in [-0.05, 0) is 84.4 Å². The van der Waals surface area contributed by atoms with Crippen LogP contribution in [0.2, 0.25) is 5.02 Å². The van der Waals surface area contributed by atoms with E-state index in [1.165, 1.54) is 16.7 Å². The zero-order valence-corrected chi connectivity index (χ0v) is 20.1. The van der Waals surface area contributed by atoms with Crippen molar-refractivity contribution in [3.63, 3.8) is 0 Å². The number of benzene rings is 1. The molecule has 0 saturated carbocycles. The fourth-order valence-corrected chi connectivity index (χ4v) is 4.96. The molecule has 5 nitrogen and oxygen atoms in total. The van der Waals surface area contributed by atoms with Gasteiger partial charge in [0.2, 0.25) is 6.41 Å².